The topological polar surface area (TPSA) is 54.9 Å². The van der Waals surface area contributed by atoms with E-state index in [0.717, 1.165) is 11.4 Å². The number of aromatic nitrogens is 2. The third-order valence-corrected chi connectivity index (χ3v) is 2.88. The van der Waals surface area contributed by atoms with Gasteiger partial charge in [-0.15, -0.1) is 0 Å². The van der Waals surface area contributed by atoms with Gasteiger partial charge >= 0.3 is 0 Å². The molecule has 0 aliphatic heterocycles. The number of halogens is 2. The van der Waals surface area contributed by atoms with Crippen molar-refractivity contribution in [3.05, 3.63) is 51.5 Å². The van der Waals surface area contributed by atoms with Crippen LogP contribution >= 0.6 is 15.9 Å². The molecule has 0 bridgehead atoms. The van der Waals surface area contributed by atoms with Crippen LogP contribution in [0.5, 0.6) is 0 Å². The van der Waals surface area contributed by atoms with Crippen LogP contribution in [0, 0.1) is 19.7 Å². The maximum Gasteiger partial charge on any atom is 0.260 e. The Hall–Kier alpha value is -1.82. The summed E-state index contributed by atoms with van der Waals surface area (Å²) in [6.07, 6.45) is 0. The Morgan fingerprint density at radius 1 is 1.21 bits per heavy atom. The highest BCUT2D eigenvalue weighted by molar-refractivity contribution is 9.10. The van der Waals surface area contributed by atoms with Crippen LogP contribution in [0.1, 0.15) is 21.7 Å². The Labute approximate surface area is 118 Å². The summed E-state index contributed by atoms with van der Waals surface area (Å²) in [7, 11) is 0. The first-order valence-corrected chi connectivity index (χ1v) is 6.33. The SMILES string of the molecule is Cc1cc(C)nc(NC(=O)c2ccc(Br)cc2F)n1. The molecular weight excluding hydrogens is 313 g/mol. The van der Waals surface area contributed by atoms with Gasteiger partial charge in [0.1, 0.15) is 5.82 Å². The largest absolute Gasteiger partial charge is 0.290 e. The van der Waals surface area contributed by atoms with Crippen LogP contribution in [-0.2, 0) is 0 Å². The van der Waals surface area contributed by atoms with E-state index >= 15 is 0 Å². The fourth-order valence-corrected chi connectivity index (χ4v) is 1.96. The zero-order chi connectivity index (χ0) is 14.0. The highest BCUT2D eigenvalue weighted by Crippen LogP contribution is 2.16. The fraction of sp³-hybridized carbons (Fsp3) is 0.154. The number of nitrogens with one attached hydrogen (secondary N) is 1. The molecule has 0 radical (unpaired) electrons. The smallest absolute Gasteiger partial charge is 0.260 e. The second-order valence-electron chi connectivity index (χ2n) is 4.05. The monoisotopic (exact) mass is 323 g/mol. The van der Waals surface area contributed by atoms with Crippen molar-refractivity contribution in [2.45, 2.75) is 13.8 Å². The Morgan fingerprint density at radius 2 is 1.84 bits per heavy atom. The molecule has 0 saturated carbocycles. The van der Waals surface area contributed by atoms with E-state index in [2.05, 4.69) is 31.2 Å². The summed E-state index contributed by atoms with van der Waals surface area (Å²) >= 11 is 3.13. The molecule has 0 atom stereocenters. The van der Waals surface area contributed by atoms with E-state index in [4.69, 9.17) is 0 Å². The van der Waals surface area contributed by atoms with Crippen LogP contribution < -0.4 is 5.32 Å². The molecular formula is C13H11BrFN3O. The number of amides is 1. The van der Waals surface area contributed by atoms with Gasteiger partial charge in [0, 0.05) is 15.9 Å². The third kappa shape index (κ3) is 3.35. The number of carbonyl (C=O) groups is 1. The van der Waals surface area contributed by atoms with Gasteiger partial charge in [0.2, 0.25) is 5.95 Å². The molecule has 2 aromatic rings. The number of anilines is 1. The van der Waals surface area contributed by atoms with E-state index in [-0.39, 0.29) is 11.5 Å². The van der Waals surface area contributed by atoms with Gasteiger partial charge in [-0.1, -0.05) is 15.9 Å². The van der Waals surface area contributed by atoms with Crippen LogP contribution in [0.3, 0.4) is 0 Å². The highest BCUT2D eigenvalue weighted by Gasteiger charge is 2.13. The van der Waals surface area contributed by atoms with Gasteiger partial charge in [-0.3, -0.25) is 10.1 Å². The summed E-state index contributed by atoms with van der Waals surface area (Å²) < 4.78 is 14.2. The standard InChI is InChI=1S/C13H11BrFN3O/c1-7-5-8(2)17-13(16-7)18-12(19)10-4-3-9(14)6-11(10)15/h3-6H,1-2H3,(H,16,17,18,19). The zero-order valence-corrected chi connectivity index (χ0v) is 12.0. The summed E-state index contributed by atoms with van der Waals surface area (Å²) in [5, 5.41) is 2.48. The molecule has 1 amide bonds. The minimum absolute atomic E-state index is 0.0500. The van der Waals surface area contributed by atoms with Crippen molar-refractivity contribution in [2.75, 3.05) is 5.32 Å². The molecule has 0 saturated heterocycles. The Bertz CT molecular complexity index is 626. The lowest BCUT2D eigenvalue weighted by Gasteiger charge is -2.06. The molecule has 0 aliphatic carbocycles. The number of nitrogens with zero attached hydrogens (tertiary/aromatic N) is 2. The number of carbonyl (C=O) groups excluding carboxylic acids is 1. The molecule has 6 heteroatoms. The molecule has 1 heterocycles. The number of hydrogen-bond donors (Lipinski definition) is 1. The maximum absolute atomic E-state index is 13.6. The maximum atomic E-state index is 13.6. The molecule has 0 aliphatic rings. The van der Waals surface area contributed by atoms with Crippen molar-refractivity contribution >= 4 is 27.8 Å². The average Bonchev–Trinajstić information content (AvgIpc) is 2.26. The first-order chi connectivity index (χ1) is 8.95. The summed E-state index contributed by atoms with van der Waals surface area (Å²) in [5.74, 6) is -1.00. The molecule has 98 valence electrons. The average molecular weight is 324 g/mol. The first-order valence-electron chi connectivity index (χ1n) is 5.54. The Kier molecular flexibility index (Phi) is 3.90. The van der Waals surface area contributed by atoms with Gasteiger partial charge in [-0.25, -0.2) is 14.4 Å². The summed E-state index contributed by atoms with van der Waals surface area (Å²) in [6, 6.07) is 6.02. The quantitative estimate of drug-likeness (QED) is 0.923. The van der Waals surface area contributed by atoms with E-state index < -0.39 is 11.7 Å². The molecule has 1 aromatic carbocycles. The van der Waals surface area contributed by atoms with Crippen molar-refractivity contribution in [2.24, 2.45) is 0 Å². The Morgan fingerprint density at radius 3 is 2.42 bits per heavy atom. The van der Waals surface area contributed by atoms with Crippen molar-refractivity contribution in [3.8, 4) is 0 Å². The van der Waals surface area contributed by atoms with Crippen LogP contribution in [-0.4, -0.2) is 15.9 Å². The van der Waals surface area contributed by atoms with Crippen molar-refractivity contribution in [1.82, 2.24) is 9.97 Å². The molecule has 1 aromatic heterocycles. The molecule has 4 nitrogen and oxygen atoms in total. The molecule has 0 unspecified atom stereocenters. The summed E-state index contributed by atoms with van der Waals surface area (Å²) in [5.41, 5.74) is 1.42. The van der Waals surface area contributed by atoms with Gasteiger partial charge in [0.25, 0.3) is 5.91 Å². The normalized spacial score (nSPS) is 10.3. The Balaban J connectivity index is 2.25. The zero-order valence-electron chi connectivity index (χ0n) is 10.4. The molecule has 1 N–H and O–H groups in total. The van der Waals surface area contributed by atoms with Crippen LogP contribution in [0.4, 0.5) is 10.3 Å². The lowest BCUT2D eigenvalue weighted by Crippen LogP contribution is -2.16. The number of aryl methyl sites for hydroxylation is 2. The minimum atomic E-state index is -0.601. The van der Waals surface area contributed by atoms with E-state index in [1.54, 1.807) is 26.0 Å². The number of hydrogen-bond acceptors (Lipinski definition) is 3. The number of benzene rings is 1. The van der Waals surface area contributed by atoms with E-state index in [1.165, 1.54) is 12.1 Å². The predicted molar refractivity (Wildman–Crippen MR) is 73.6 cm³/mol. The first kappa shape index (κ1) is 13.6. The lowest BCUT2D eigenvalue weighted by atomic mass is 10.2. The molecule has 2 rings (SSSR count). The summed E-state index contributed by atoms with van der Waals surface area (Å²) in [6.45, 7) is 3.59. The molecule has 19 heavy (non-hydrogen) atoms. The lowest BCUT2D eigenvalue weighted by molar-refractivity contribution is 0.102. The second kappa shape index (κ2) is 5.44. The van der Waals surface area contributed by atoms with E-state index in [1.807, 2.05) is 0 Å². The van der Waals surface area contributed by atoms with Crippen molar-refractivity contribution in [1.29, 1.82) is 0 Å². The number of rotatable bonds is 2. The van der Waals surface area contributed by atoms with Crippen LogP contribution in [0.2, 0.25) is 0 Å². The highest BCUT2D eigenvalue weighted by atomic mass is 79.9. The second-order valence-corrected chi connectivity index (χ2v) is 4.97. The van der Waals surface area contributed by atoms with Gasteiger partial charge in [0.15, 0.2) is 0 Å². The van der Waals surface area contributed by atoms with Crippen LogP contribution in [0.15, 0.2) is 28.7 Å². The van der Waals surface area contributed by atoms with E-state index in [9.17, 15) is 9.18 Å². The third-order valence-electron chi connectivity index (χ3n) is 2.38. The van der Waals surface area contributed by atoms with E-state index in [0.29, 0.717) is 4.47 Å². The van der Waals surface area contributed by atoms with Gasteiger partial charge in [0.05, 0.1) is 5.56 Å². The summed E-state index contributed by atoms with van der Waals surface area (Å²) in [4.78, 5) is 20.1. The van der Waals surface area contributed by atoms with Gasteiger partial charge in [-0.2, -0.15) is 0 Å². The molecule has 0 fully saturated rings. The minimum Gasteiger partial charge on any atom is -0.290 e. The van der Waals surface area contributed by atoms with Gasteiger partial charge < -0.3 is 0 Å². The van der Waals surface area contributed by atoms with Crippen LogP contribution in [0.25, 0.3) is 0 Å². The fourth-order valence-electron chi connectivity index (χ4n) is 1.62. The van der Waals surface area contributed by atoms with Crippen molar-refractivity contribution < 1.29 is 9.18 Å². The molecule has 0 spiro atoms. The predicted octanol–water partition coefficient (Wildman–Crippen LogP) is 3.25. The van der Waals surface area contributed by atoms with Gasteiger partial charge in [-0.05, 0) is 38.1 Å². The van der Waals surface area contributed by atoms with Crippen molar-refractivity contribution in [3.63, 3.8) is 0 Å².